The molecule has 1 amide bonds. The molecule has 7 heteroatoms. The highest BCUT2D eigenvalue weighted by Crippen LogP contribution is 2.31. The second-order valence-corrected chi connectivity index (χ2v) is 5.01. The molecule has 3 nitrogen and oxygen atoms in total. The molecule has 0 radical (unpaired) electrons. The van der Waals surface area contributed by atoms with E-state index in [0.29, 0.717) is 18.2 Å². The number of halogens is 4. The van der Waals surface area contributed by atoms with Gasteiger partial charge in [-0.3, -0.25) is 4.79 Å². The maximum Gasteiger partial charge on any atom is 0.416 e. The molecule has 0 spiro atoms. The van der Waals surface area contributed by atoms with Crippen LogP contribution >= 0.6 is 0 Å². The molecule has 0 saturated carbocycles. The van der Waals surface area contributed by atoms with Crippen molar-refractivity contribution in [2.24, 2.45) is 5.73 Å². The van der Waals surface area contributed by atoms with Crippen molar-refractivity contribution in [3.05, 3.63) is 35.1 Å². The molecule has 0 aliphatic carbocycles. The van der Waals surface area contributed by atoms with Crippen molar-refractivity contribution in [2.45, 2.75) is 18.6 Å². The van der Waals surface area contributed by atoms with Crippen molar-refractivity contribution in [1.82, 2.24) is 4.90 Å². The molecule has 1 aromatic carbocycles. The van der Waals surface area contributed by atoms with E-state index in [2.05, 4.69) is 0 Å². The van der Waals surface area contributed by atoms with Crippen LogP contribution in [-0.2, 0) is 6.18 Å². The summed E-state index contributed by atoms with van der Waals surface area (Å²) in [5.41, 5.74) is 3.51. The van der Waals surface area contributed by atoms with Gasteiger partial charge in [-0.2, -0.15) is 13.2 Å². The summed E-state index contributed by atoms with van der Waals surface area (Å²) >= 11 is 0. The predicted octanol–water partition coefficient (Wildman–Crippen LogP) is 2.02. The fourth-order valence-corrected chi connectivity index (χ4v) is 2.01. The van der Waals surface area contributed by atoms with E-state index in [1.54, 1.807) is 6.92 Å². The highest BCUT2D eigenvalue weighted by atomic mass is 19.4. The first-order valence-corrected chi connectivity index (χ1v) is 5.55. The molecule has 2 rings (SSSR count). The van der Waals surface area contributed by atoms with Crippen molar-refractivity contribution < 1.29 is 22.4 Å². The van der Waals surface area contributed by atoms with Crippen LogP contribution in [0.15, 0.2) is 18.2 Å². The number of benzene rings is 1. The summed E-state index contributed by atoms with van der Waals surface area (Å²) in [6.45, 7) is 2.10. The number of likely N-dealkylation sites (tertiary alicyclic amines) is 1. The summed E-state index contributed by atoms with van der Waals surface area (Å²) in [5, 5.41) is 0. The van der Waals surface area contributed by atoms with Gasteiger partial charge >= 0.3 is 6.18 Å². The molecule has 1 saturated heterocycles. The van der Waals surface area contributed by atoms with Crippen molar-refractivity contribution in [2.75, 3.05) is 13.1 Å². The Kier molecular flexibility index (Phi) is 3.04. The Bertz CT molecular complexity index is 517. The average molecular weight is 276 g/mol. The number of hydrogen-bond acceptors (Lipinski definition) is 2. The van der Waals surface area contributed by atoms with E-state index in [-0.39, 0.29) is 13.1 Å². The molecule has 0 bridgehead atoms. The Hall–Kier alpha value is -1.63. The molecule has 19 heavy (non-hydrogen) atoms. The summed E-state index contributed by atoms with van der Waals surface area (Å²) < 4.78 is 51.0. The van der Waals surface area contributed by atoms with Crippen molar-refractivity contribution in [3.8, 4) is 0 Å². The number of amides is 1. The number of carbonyl (C=O) groups is 1. The van der Waals surface area contributed by atoms with Gasteiger partial charge in [-0.05, 0) is 25.1 Å². The van der Waals surface area contributed by atoms with Crippen LogP contribution < -0.4 is 5.73 Å². The van der Waals surface area contributed by atoms with E-state index in [9.17, 15) is 22.4 Å². The summed E-state index contributed by atoms with van der Waals surface area (Å²) in [5.74, 6) is -1.74. The highest BCUT2D eigenvalue weighted by molar-refractivity contribution is 5.95. The average Bonchev–Trinajstić information content (AvgIpc) is 2.23. The monoisotopic (exact) mass is 276 g/mol. The van der Waals surface area contributed by atoms with Gasteiger partial charge in [0, 0.05) is 18.6 Å². The largest absolute Gasteiger partial charge is 0.416 e. The van der Waals surface area contributed by atoms with Gasteiger partial charge in [-0.15, -0.1) is 0 Å². The number of hydrogen-bond donors (Lipinski definition) is 1. The van der Waals surface area contributed by atoms with Crippen LogP contribution in [0.5, 0.6) is 0 Å². The summed E-state index contributed by atoms with van der Waals surface area (Å²) in [7, 11) is 0. The van der Waals surface area contributed by atoms with Crippen LogP contribution in [0.2, 0.25) is 0 Å². The maximum atomic E-state index is 13.5. The van der Waals surface area contributed by atoms with E-state index < -0.39 is 34.6 Å². The van der Waals surface area contributed by atoms with Gasteiger partial charge in [-0.1, -0.05) is 0 Å². The van der Waals surface area contributed by atoms with Gasteiger partial charge in [0.25, 0.3) is 5.91 Å². The minimum atomic E-state index is -4.61. The minimum absolute atomic E-state index is 0.196. The van der Waals surface area contributed by atoms with Gasteiger partial charge < -0.3 is 10.6 Å². The van der Waals surface area contributed by atoms with Gasteiger partial charge in [0.15, 0.2) is 0 Å². The fraction of sp³-hybridized carbons (Fsp3) is 0.417. The highest BCUT2D eigenvalue weighted by Gasteiger charge is 2.39. The van der Waals surface area contributed by atoms with E-state index >= 15 is 0 Å². The van der Waals surface area contributed by atoms with Crippen molar-refractivity contribution in [1.29, 1.82) is 0 Å². The zero-order valence-corrected chi connectivity index (χ0v) is 10.1. The third kappa shape index (κ3) is 2.70. The van der Waals surface area contributed by atoms with Crippen LogP contribution in [0, 0.1) is 5.82 Å². The molecule has 1 fully saturated rings. The molecular weight excluding hydrogens is 264 g/mol. The van der Waals surface area contributed by atoms with Crippen LogP contribution in [0.25, 0.3) is 0 Å². The number of alkyl halides is 3. The third-order valence-electron chi connectivity index (χ3n) is 2.92. The molecule has 2 N–H and O–H groups in total. The van der Waals surface area contributed by atoms with Crippen LogP contribution in [0.3, 0.4) is 0 Å². The third-order valence-corrected chi connectivity index (χ3v) is 2.92. The SMILES string of the molecule is CC1(N)CN(C(=O)c2cc(C(F)(F)F)ccc2F)C1. The van der Waals surface area contributed by atoms with Gasteiger partial charge in [0.1, 0.15) is 5.82 Å². The summed E-state index contributed by atoms with van der Waals surface area (Å²) in [6.07, 6.45) is -4.61. The summed E-state index contributed by atoms with van der Waals surface area (Å²) in [6, 6.07) is 1.79. The Morgan fingerprint density at radius 1 is 1.37 bits per heavy atom. The molecule has 0 atom stereocenters. The first kappa shape index (κ1) is 13.8. The van der Waals surface area contributed by atoms with Crippen molar-refractivity contribution in [3.63, 3.8) is 0 Å². The lowest BCUT2D eigenvalue weighted by Gasteiger charge is -2.45. The lowest BCUT2D eigenvalue weighted by molar-refractivity contribution is -0.137. The molecule has 1 aliphatic rings. The smallest absolute Gasteiger partial charge is 0.335 e. The molecule has 104 valence electrons. The van der Waals surface area contributed by atoms with E-state index in [1.165, 1.54) is 4.90 Å². The zero-order chi connectivity index (χ0) is 14.4. The topological polar surface area (TPSA) is 46.3 Å². The maximum absolute atomic E-state index is 13.5. The Labute approximate surface area is 107 Å². The normalized spacial score (nSPS) is 18.1. The molecule has 0 aromatic heterocycles. The minimum Gasteiger partial charge on any atom is -0.335 e. The standard InChI is InChI=1S/C12H12F4N2O/c1-11(17)5-18(6-11)10(19)8-4-7(12(14,15)16)2-3-9(8)13/h2-4H,5-6,17H2,1H3. The van der Waals surface area contributed by atoms with Crippen molar-refractivity contribution >= 4 is 5.91 Å². The second kappa shape index (κ2) is 4.19. The lowest BCUT2D eigenvalue weighted by atomic mass is 9.92. The predicted molar refractivity (Wildman–Crippen MR) is 59.9 cm³/mol. The van der Waals surface area contributed by atoms with Gasteiger partial charge in [0.2, 0.25) is 0 Å². The molecule has 1 heterocycles. The van der Waals surface area contributed by atoms with Gasteiger partial charge in [-0.25, -0.2) is 4.39 Å². The number of nitrogens with zero attached hydrogens (tertiary/aromatic N) is 1. The molecule has 0 unspecified atom stereocenters. The van der Waals surface area contributed by atoms with E-state index in [0.717, 1.165) is 0 Å². The Balaban J connectivity index is 2.27. The Morgan fingerprint density at radius 3 is 2.42 bits per heavy atom. The molecule has 1 aliphatic heterocycles. The molecular formula is C12H12F4N2O. The quantitative estimate of drug-likeness (QED) is 0.798. The Morgan fingerprint density at radius 2 is 1.95 bits per heavy atom. The van der Waals surface area contributed by atoms with E-state index in [4.69, 9.17) is 5.73 Å². The van der Waals surface area contributed by atoms with Crippen LogP contribution in [0.1, 0.15) is 22.8 Å². The summed E-state index contributed by atoms with van der Waals surface area (Å²) in [4.78, 5) is 13.1. The first-order valence-electron chi connectivity index (χ1n) is 5.55. The van der Waals surface area contributed by atoms with Crippen LogP contribution in [-0.4, -0.2) is 29.4 Å². The zero-order valence-electron chi connectivity index (χ0n) is 10.1. The van der Waals surface area contributed by atoms with Crippen LogP contribution in [0.4, 0.5) is 17.6 Å². The number of carbonyl (C=O) groups excluding carboxylic acids is 1. The molecule has 1 aromatic rings. The number of rotatable bonds is 1. The fourth-order valence-electron chi connectivity index (χ4n) is 2.01. The number of nitrogens with two attached hydrogens (primary N) is 1. The first-order chi connectivity index (χ1) is 8.60. The van der Waals surface area contributed by atoms with E-state index in [1.807, 2.05) is 0 Å². The second-order valence-electron chi connectivity index (χ2n) is 5.01. The lowest BCUT2D eigenvalue weighted by Crippen LogP contribution is -2.66. The van der Waals surface area contributed by atoms with Gasteiger partial charge in [0.05, 0.1) is 11.1 Å².